The number of nitrogens with zero attached hydrogens (tertiary/aromatic N) is 4. The highest BCUT2D eigenvalue weighted by atomic mass is 35.5. The van der Waals surface area contributed by atoms with Gasteiger partial charge in [0.15, 0.2) is 0 Å². The molecule has 9 heteroatoms. The summed E-state index contributed by atoms with van der Waals surface area (Å²) in [4.78, 5) is 16.5. The van der Waals surface area contributed by atoms with Gasteiger partial charge in [0.25, 0.3) is 5.89 Å². The smallest absolute Gasteiger partial charge is 0.437 e. The van der Waals surface area contributed by atoms with Gasteiger partial charge in [-0.1, -0.05) is 23.7 Å². The molecule has 0 aliphatic carbocycles. The summed E-state index contributed by atoms with van der Waals surface area (Å²) in [5.74, 6) is -0.288. The third kappa shape index (κ3) is 4.44. The molecule has 0 radical (unpaired) electrons. The molecule has 0 unspecified atom stereocenters. The molecule has 0 aliphatic heterocycles. The molecule has 0 aliphatic rings. The summed E-state index contributed by atoms with van der Waals surface area (Å²) in [5, 5.41) is 4.90. The molecular weight excluding hydrogens is 411 g/mol. The molecule has 0 spiro atoms. The molecule has 2 heterocycles. The Bertz CT molecular complexity index is 1200. The quantitative estimate of drug-likeness (QED) is 0.446. The summed E-state index contributed by atoms with van der Waals surface area (Å²) in [6.07, 6.45) is 1.68. The summed E-state index contributed by atoms with van der Waals surface area (Å²) < 4.78 is 26.8. The highest BCUT2D eigenvalue weighted by Crippen LogP contribution is 2.20. The summed E-state index contributed by atoms with van der Waals surface area (Å²) in [7, 11) is 0. The monoisotopic (exact) mass is 428 g/mol. The Balaban J connectivity index is 1.44. The van der Waals surface area contributed by atoms with Gasteiger partial charge >= 0.3 is 5.76 Å². The number of imidazole rings is 1. The average molecular weight is 429 g/mol. The van der Waals surface area contributed by atoms with Crippen molar-refractivity contribution in [2.45, 2.75) is 20.0 Å². The van der Waals surface area contributed by atoms with Gasteiger partial charge in [0.05, 0.1) is 12.9 Å². The fourth-order valence-electron chi connectivity index (χ4n) is 2.92. The van der Waals surface area contributed by atoms with Crippen LogP contribution < -0.4 is 10.5 Å². The fraction of sp³-hybridized carbons (Fsp3) is 0.190. The molecule has 0 bridgehead atoms. The van der Waals surface area contributed by atoms with E-state index in [0.717, 1.165) is 11.3 Å². The Morgan fingerprint density at radius 1 is 1.13 bits per heavy atom. The Morgan fingerprint density at radius 3 is 2.60 bits per heavy atom. The van der Waals surface area contributed by atoms with Gasteiger partial charge in [-0.05, 0) is 48.9 Å². The van der Waals surface area contributed by atoms with E-state index < -0.39 is 5.76 Å². The van der Waals surface area contributed by atoms with Gasteiger partial charge in [-0.2, -0.15) is 4.68 Å². The lowest BCUT2D eigenvalue weighted by atomic mass is 10.2. The third-order valence-corrected chi connectivity index (χ3v) is 4.81. The van der Waals surface area contributed by atoms with E-state index >= 15 is 0 Å². The van der Waals surface area contributed by atoms with Crippen molar-refractivity contribution >= 4 is 11.6 Å². The molecule has 0 saturated carbocycles. The second kappa shape index (κ2) is 8.54. The molecule has 7 nitrogen and oxygen atoms in total. The molecule has 0 atom stereocenters. The van der Waals surface area contributed by atoms with Gasteiger partial charge in [0, 0.05) is 17.3 Å². The largest absolute Gasteiger partial charge is 0.492 e. The summed E-state index contributed by atoms with van der Waals surface area (Å²) in [5.41, 5.74) is 2.39. The molecule has 2 aromatic carbocycles. The van der Waals surface area contributed by atoms with Crippen molar-refractivity contribution in [3.8, 4) is 17.3 Å². The van der Waals surface area contributed by atoms with Gasteiger partial charge in [0.1, 0.15) is 23.9 Å². The molecular formula is C21H18ClFN4O3. The fourth-order valence-corrected chi connectivity index (χ4v) is 3.05. The van der Waals surface area contributed by atoms with Crippen molar-refractivity contribution < 1.29 is 13.5 Å². The lowest BCUT2D eigenvalue weighted by molar-refractivity contribution is 0.285. The Morgan fingerprint density at radius 2 is 1.87 bits per heavy atom. The van der Waals surface area contributed by atoms with Crippen LogP contribution in [0.3, 0.4) is 0 Å². The van der Waals surface area contributed by atoms with Crippen molar-refractivity contribution in [3.05, 3.63) is 87.5 Å². The van der Waals surface area contributed by atoms with E-state index in [1.54, 1.807) is 6.33 Å². The Labute approximate surface area is 176 Å². The number of aromatic nitrogens is 4. The van der Waals surface area contributed by atoms with E-state index in [4.69, 9.17) is 20.8 Å². The highest BCUT2D eigenvalue weighted by molar-refractivity contribution is 6.30. The van der Waals surface area contributed by atoms with Gasteiger partial charge in [0.2, 0.25) is 0 Å². The molecule has 154 valence electrons. The second-order valence-corrected chi connectivity index (χ2v) is 7.07. The molecule has 0 amide bonds. The lowest BCUT2D eigenvalue weighted by Crippen LogP contribution is -2.20. The predicted octanol–water partition coefficient (Wildman–Crippen LogP) is 3.93. The molecule has 2 aromatic heterocycles. The second-order valence-electron chi connectivity index (χ2n) is 6.63. The van der Waals surface area contributed by atoms with E-state index in [9.17, 15) is 9.18 Å². The minimum absolute atomic E-state index is 0.147. The summed E-state index contributed by atoms with van der Waals surface area (Å²) in [6.45, 7) is 2.85. The van der Waals surface area contributed by atoms with E-state index in [1.165, 1.54) is 28.9 Å². The zero-order valence-corrected chi connectivity index (χ0v) is 16.8. The van der Waals surface area contributed by atoms with Crippen LogP contribution in [0.25, 0.3) is 11.6 Å². The zero-order valence-electron chi connectivity index (χ0n) is 16.1. The first-order valence-corrected chi connectivity index (χ1v) is 9.60. The van der Waals surface area contributed by atoms with Crippen molar-refractivity contribution in [1.82, 2.24) is 19.3 Å². The number of rotatable bonds is 7. The van der Waals surface area contributed by atoms with Crippen LogP contribution in [-0.2, 0) is 13.1 Å². The molecule has 4 aromatic rings. The van der Waals surface area contributed by atoms with Crippen LogP contribution >= 0.6 is 11.6 Å². The van der Waals surface area contributed by atoms with Crippen molar-refractivity contribution in [1.29, 1.82) is 0 Å². The maximum Gasteiger partial charge on any atom is 0.437 e. The zero-order chi connectivity index (χ0) is 21.1. The Hall–Kier alpha value is -3.39. The normalized spacial score (nSPS) is 11.0. The Kier molecular flexibility index (Phi) is 5.67. The van der Waals surface area contributed by atoms with Gasteiger partial charge in [-0.25, -0.2) is 14.2 Å². The number of hydrogen-bond acceptors (Lipinski definition) is 5. The summed E-state index contributed by atoms with van der Waals surface area (Å²) >= 11 is 5.93. The number of benzene rings is 2. The van der Waals surface area contributed by atoms with Crippen molar-refractivity contribution in [2.75, 3.05) is 6.61 Å². The van der Waals surface area contributed by atoms with E-state index in [1.807, 2.05) is 35.8 Å². The molecule has 0 N–H and O–H groups in total. The maximum absolute atomic E-state index is 12.9. The van der Waals surface area contributed by atoms with E-state index in [-0.39, 0.29) is 24.9 Å². The first-order chi connectivity index (χ1) is 14.5. The first-order valence-electron chi connectivity index (χ1n) is 9.22. The van der Waals surface area contributed by atoms with Crippen LogP contribution in [0.5, 0.6) is 5.75 Å². The molecule has 0 fully saturated rings. The van der Waals surface area contributed by atoms with Crippen LogP contribution in [-0.4, -0.2) is 25.9 Å². The standard InChI is InChI=1S/C21H18ClFN4O3/c1-14-19(24-13-26(14)12-15-2-4-16(22)5-3-15)20-25-27(21(28)30-20)10-11-29-18-8-6-17(23)7-9-18/h2-9,13H,10-12H2,1H3. The number of halogens is 2. The third-order valence-electron chi connectivity index (χ3n) is 4.56. The minimum atomic E-state index is -0.598. The highest BCUT2D eigenvalue weighted by Gasteiger charge is 2.17. The average Bonchev–Trinajstić information content (AvgIpc) is 3.28. The van der Waals surface area contributed by atoms with E-state index in [0.29, 0.717) is 23.0 Å². The van der Waals surface area contributed by atoms with E-state index in [2.05, 4.69) is 10.1 Å². The summed E-state index contributed by atoms with van der Waals surface area (Å²) in [6, 6.07) is 13.2. The molecule has 4 rings (SSSR count). The molecule has 30 heavy (non-hydrogen) atoms. The van der Waals surface area contributed by atoms with Crippen LogP contribution in [0.2, 0.25) is 5.02 Å². The van der Waals surface area contributed by atoms with Crippen LogP contribution in [0, 0.1) is 12.7 Å². The minimum Gasteiger partial charge on any atom is -0.492 e. The first kappa shape index (κ1) is 19.9. The molecule has 0 saturated heterocycles. The number of hydrogen-bond donors (Lipinski definition) is 0. The number of ether oxygens (including phenoxy) is 1. The maximum atomic E-state index is 12.9. The van der Waals surface area contributed by atoms with Crippen LogP contribution in [0.1, 0.15) is 11.3 Å². The van der Waals surface area contributed by atoms with Crippen LogP contribution in [0.15, 0.2) is 64.1 Å². The van der Waals surface area contributed by atoms with Gasteiger partial charge in [-0.15, -0.1) is 5.10 Å². The topological polar surface area (TPSA) is 75.1 Å². The van der Waals surface area contributed by atoms with Gasteiger partial charge < -0.3 is 13.7 Å². The predicted molar refractivity (Wildman–Crippen MR) is 109 cm³/mol. The SMILES string of the molecule is Cc1c(-c2nn(CCOc3ccc(F)cc3)c(=O)o2)ncn1Cc1ccc(Cl)cc1. The van der Waals surface area contributed by atoms with Crippen LogP contribution in [0.4, 0.5) is 4.39 Å². The van der Waals surface area contributed by atoms with Gasteiger partial charge in [-0.3, -0.25) is 0 Å². The lowest BCUT2D eigenvalue weighted by Gasteiger charge is -2.05. The van der Waals surface area contributed by atoms with Crippen molar-refractivity contribution in [3.63, 3.8) is 0 Å². The van der Waals surface area contributed by atoms with Crippen molar-refractivity contribution in [2.24, 2.45) is 0 Å².